The van der Waals surface area contributed by atoms with E-state index in [-0.39, 0.29) is 16.7 Å². The zero-order valence-electron chi connectivity index (χ0n) is 10.5. The highest BCUT2D eigenvalue weighted by Gasteiger charge is 2.30. The first-order valence-electron chi connectivity index (χ1n) is 5.88. The lowest BCUT2D eigenvalue weighted by Gasteiger charge is -2.13. The molecule has 21 heavy (non-hydrogen) atoms. The predicted molar refractivity (Wildman–Crippen MR) is 87.5 cm³/mol. The maximum atomic E-state index is 12.5. The molecule has 2 rings (SSSR count). The number of halogens is 5. The van der Waals surface area contributed by atoms with Crippen LogP contribution in [0.2, 0.25) is 0 Å². The molecule has 1 N–H and O–H groups in total. The van der Waals surface area contributed by atoms with Crippen LogP contribution in [-0.4, -0.2) is 5.51 Å². The summed E-state index contributed by atoms with van der Waals surface area (Å²) < 4.78 is 39.3. The molecule has 0 fully saturated rings. The lowest BCUT2D eigenvalue weighted by Crippen LogP contribution is -2.04. The van der Waals surface area contributed by atoms with Gasteiger partial charge in [0.15, 0.2) is 0 Å². The molecule has 0 saturated carbocycles. The second-order valence-electron chi connectivity index (χ2n) is 4.15. The van der Waals surface area contributed by atoms with Gasteiger partial charge in [-0.2, -0.15) is 13.2 Å². The van der Waals surface area contributed by atoms with E-state index < -0.39 is 5.51 Å². The first-order valence-corrected chi connectivity index (χ1v) is 8.28. The molecule has 0 aromatic heterocycles. The summed E-state index contributed by atoms with van der Waals surface area (Å²) in [6, 6.07) is 12.1. The maximum Gasteiger partial charge on any atom is 0.446 e. The number of para-hydroxylation sites is 1. The molecule has 0 spiro atoms. The van der Waals surface area contributed by atoms with Crippen LogP contribution >= 0.6 is 43.6 Å². The van der Waals surface area contributed by atoms with Gasteiger partial charge in [-0.05, 0) is 73.5 Å². The summed E-state index contributed by atoms with van der Waals surface area (Å²) in [4.78, 5) is 0.168. The van der Waals surface area contributed by atoms with Gasteiger partial charge >= 0.3 is 5.51 Å². The third kappa shape index (κ3) is 5.23. The van der Waals surface area contributed by atoms with E-state index in [0.717, 1.165) is 14.5 Å². The van der Waals surface area contributed by atoms with Gasteiger partial charge in [0.05, 0.1) is 0 Å². The second kappa shape index (κ2) is 7.07. The van der Waals surface area contributed by atoms with Crippen molar-refractivity contribution in [2.24, 2.45) is 0 Å². The molecule has 0 bridgehead atoms. The molecule has 1 nitrogen and oxygen atoms in total. The number of hydrogen-bond acceptors (Lipinski definition) is 2. The number of thioether (sulfide) groups is 1. The fourth-order valence-corrected chi connectivity index (χ4v) is 2.99. The molecule has 0 aliphatic carbocycles. The summed E-state index contributed by atoms with van der Waals surface area (Å²) in [7, 11) is 0. The number of anilines is 1. The fourth-order valence-electron chi connectivity index (χ4n) is 1.67. The Hall–Kier alpha value is -0.660. The van der Waals surface area contributed by atoms with E-state index >= 15 is 0 Å². The van der Waals surface area contributed by atoms with Gasteiger partial charge in [-0.25, -0.2) is 0 Å². The quantitative estimate of drug-likeness (QED) is 0.549. The Labute approximate surface area is 141 Å². The minimum Gasteiger partial charge on any atom is -0.380 e. The summed E-state index contributed by atoms with van der Waals surface area (Å²) in [5, 5.41) is 3.04. The number of hydrogen-bond donors (Lipinski definition) is 1. The van der Waals surface area contributed by atoms with Crippen LogP contribution in [0.25, 0.3) is 0 Å². The Morgan fingerprint density at radius 3 is 2.38 bits per heavy atom. The highest BCUT2D eigenvalue weighted by Crippen LogP contribution is 2.40. The van der Waals surface area contributed by atoms with E-state index in [1.165, 1.54) is 6.07 Å². The van der Waals surface area contributed by atoms with E-state index in [0.29, 0.717) is 12.2 Å². The van der Waals surface area contributed by atoms with Crippen molar-refractivity contribution in [3.8, 4) is 0 Å². The Kier molecular flexibility index (Phi) is 5.62. The number of nitrogens with one attached hydrogen (secondary N) is 1. The topological polar surface area (TPSA) is 12.0 Å². The average Bonchev–Trinajstić information content (AvgIpc) is 2.40. The zero-order chi connectivity index (χ0) is 15.5. The van der Waals surface area contributed by atoms with Crippen molar-refractivity contribution in [1.29, 1.82) is 0 Å². The maximum absolute atomic E-state index is 12.5. The van der Waals surface area contributed by atoms with Crippen molar-refractivity contribution in [1.82, 2.24) is 0 Å². The average molecular weight is 441 g/mol. The van der Waals surface area contributed by atoms with Crippen LogP contribution in [0.5, 0.6) is 0 Å². The number of benzene rings is 2. The molecule has 2 aromatic carbocycles. The Balaban J connectivity index is 2.11. The molecule has 0 heterocycles. The second-order valence-corrected chi connectivity index (χ2v) is 6.96. The van der Waals surface area contributed by atoms with Crippen molar-refractivity contribution < 1.29 is 13.2 Å². The molecule has 2 aromatic rings. The molecular formula is C14H10Br2F3NS. The van der Waals surface area contributed by atoms with Gasteiger partial charge < -0.3 is 5.32 Å². The standard InChI is InChI=1S/C14H10Br2F3NS/c15-10-6-5-9(7-11(10)16)8-20-12-3-1-2-4-13(12)21-14(17,18)19/h1-7,20H,8H2. The molecule has 0 aliphatic heterocycles. The number of rotatable bonds is 4. The molecule has 0 amide bonds. The Morgan fingerprint density at radius 2 is 1.71 bits per heavy atom. The third-order valence-electron chi connectivity index (χ3n) is 2.58. The van der Waals surface area contributed by atoms with Crippen molar-refractivity contribution in [3.05, 3.63) is 57.0 Å². The molecule has 112 valence electrons. The first-order chi connectivity index (χ1) is 9.85. The molecule has 0 atom stereocenters. The summed E-state index contributed by atoms with van der Waals surface area (Å²) in [6.45, 7) is 0.446. The molecule has 0 unspecified atom stereocenters. The summed E-state index contributed by atoms with van der Waals surface area (Å²) in [6.07, 6.45) is 0. The van der Waals surface area contributed by atoms with Gasteiger partial charge in [-0.15, -0.1) is 0 Å². The van der Waals surface area contributed by atoms with Gasteiger partial charge in [0.25, 0.3) is 0 Å². The van der Waals surface area contributed by atoms with Crippen LogP contribution in [0.15, 0.2) is 56.3 Å². The molecule has 0 radical (unpaired) electrons. The van der Waals surface area contributed by atoms with Crippen LogP contribution in [0.1, 0.15) is 5.56 Å². The SMILES string of the molecule is FC(F)(F)Sc1ccccc1NCc1ccc(Br)c(Br)c1. The van der Waals surface area contributed by atoms with Gasteiger partial charge in [0, 0.05) is 26.1 Å². The van der Waals surface area contributed by atoms with Gasteiger partial charge in [-0.3, -0.25) is 0 Å². The van der Waals surface area contributed by atoms with Crippen molar-refractivity contribution >= 4 is 49.3 Å². The Morgan fingerprint density at radius 1 is 1.00 bits per heavy atom. The minimum absolute atomic E-state index is 0.111. The van der Waals surface area contributed by atoms with Crippen LogP contribution in [0.4, 0.5) is 18.9 Å². The van der Waals surface area contributed by atoms with E-state index in [4.69, 9.17) is 0 Å². The normalized spacial score (nSPS) is 11.5. The van der Waals surface area contributed by atoms with Crippen LogP contribution in [0.3, 0.4) is 0 Å². The van der Waals surface area contributed by atoms with E-state index in [1.807, 2.05) is 18.2 Å². The van der Waals surface area contributed by atoms with Crippen molar-refractivity contribution in [2.75, 3.05) is 5.32 Å². The highest BCUT2D eigenvalue weighted by atomic mass is 79.9. The van der Waals surface area contributed by atoms with Crippen LogP contribution in [0, 0.1) is 0 Å². The van der Waals surface area contributed by atoms with Crippen LogP contribution < -0.4 is 5.32 Å². The largest absolute Gasteiger partial charge is 0.446 e. The van der Waals surface area contributed by atoms with Crippen molar-refractivity contribution in [3.63, 3.8) is 0 Å². The minimum atomic E-state index is -4.29. The first kappa shape index (κ1) is 16.7. The molecule has 0 saturated heterocycles. The van der Waals surface area contributed by atoms with Crippen LogP contribution in [-0.2, 0) is 6.54 Å². The summed E-state index contributed by atoms with van der Waals surface area (Å²) in [5.74, 6) is 0. The molecule has 7 heteroatoms. The lowest BCUT2D eigenvalue weighted by atomic mass is 10.2. The fraction of sp³-hybridized carbons (Fsp3) is 0.143. The zero-order valence-corrected chi connectivity index (χ0v) is 14.5. The lowest BCUT2D eigenvalue weighted by molar-refractivity contribution is -0.0327. The summed E-state index contributed by atoms with van der Waals surface area (Å²) >= 11 is 6.66. The van der Waals surface area contributed by atoms with E-state index in [1.54, 1.807) is 18.2 Å². The van der Waals surface area contributed by atoms with Gasteiger partial charge in [-0.1, -0.05) is 18.2 Å². The highest BCUT2D eigenvalue weighted by molar-refractivity contribution is 9.13. The van der Waals surface area contributed by atoms with Crippen molar-refractivity contribution in [2.45, 2.75) is 16.9 Å². The van der Waals surface area contributed by atoms with E-state index in [9.17, 15) is 13.2 Å². The molecular weight excluding hydrogens is 431 g/mol. The predicted octanol–water partition coefficient (Wildman–Crippen LogP) is 6.44. The van der Waals surface area contributed by atoms with E-state index in [2.05, 4.69) is 37.2 Å². The van der Waals surface area contributed by atoms with Gasteiger partial charge in [0.2, 0.25) is 0 Å². The van der Waals surface area contributed by atoms with Gasteiger partial charge in [0.1, 0.15) is 0 Å². The summed E-state index contributed by atoms with van der Waals surface area (Å²) in [5.41, 5.74) is -2.85. The molecule has 0 aliphatic rings. The smallest absolute Gasteiger partial charge is 0.380 e. The third-order valence-corrected chi connectivity index (χ3v) is 5.27. The number of alkyl halides is 3. The Bertz CT molecular complexity index is 632. The monoisotopic (exact) mass is 439 g/mol.